The molecule has 2 aliphatic heterocycles. The average molecular weight is 224 g/mol. The van der Waals surface area contributed by atoms with Crippen LogP contribution < -0.4 is 5.32 Å². The molecule has 4 atom stereocenters. The Morgan fingerprint density at radius 2 is 1.75 bits per heavy atom. The Kier molecular flexibility index (Phi) is 3.91. The molecule has 2 heteroatoms. The molecule has 4 unspecified atom stereocenters. The van der Waals surface area contributed by atoms with Crippen molar-refractivity contribution in [1.29, 1.82) is 0 Å². The molecular weight excluding hydrogens is 196 g/mol. The van der Waals surface area contributed by atoms with Crippen molar-refractivity contribution in [3.05, 3.63) is 0 Å². The summed E-state index contributed by atoms with van der Waals surface area (Å²) in [5, 5.41) is 3.48. The third-order valence-electron chi connectivity index (χ3n) is 5.14. The summed E-state index contributed by atoms with van der Waals surface area (Å²) in [6.07, 6.45) is 6.92. The quantitative estimate of drug-likeness (QED) is 0.790. The van der Waals surface area contributed by atoms with Crippen LogP contribution in [0.5, 0.6) is 0 Å². The molecule has 2 heterocycles. The third-order valence-corrected chi connectivity index (χ3v) is 5.14. The van der Waals surface area contributed by atoms with Gasteiger partial charge in [0.15, 0.2) is 0 Å². The van der Waals surface area contributed by atoms with Crippen molar-refractivity contribution in [2.24, 2.45) is 5.92 Å². The molecule has 0 spiro atoms. The van der Waals surface area contributed by atoms with Crippen LogP contribution in [0.4, 0.5) is 0 Å². The summed E-state index contributed by atoms with van der Waals surface area (Å²) < 4.78 is 0. The monoisotopic (exact) mass is 224 g/mol. The molecule has 16 heavy (non-hydrogen) atoms. The number of hydrogen-bond donors (Lipinski definition) is 1. The van der Waals surface area contributed by atoms with E-state index >= 15 is 0 Å². The van der Waals surface area contributed by atoms with E-state index < -0.39 is 0 Å². The standard InChI is InChI=1S/C14H28N2/c1-5-10(2)11(3)16-13-6-7-14(16)9-12(8-13)15-4/h10-15H,5-9H2,1-4H3. The third kappa shape index (κ3) is 2.14. The van der Waals surface area contributed by atoms with Crippen LogP contribution in [0.2, 0.25) is 0 Å². The highest BCUT2D eigenvalue weighted by atomic mass is 15.3. The maximum absolute atomic E-state index is 3.48. The smallest absolute Gasteiger partial charge is 0.0116 e. The van der Waals surface area contributed by atoms with Gasteiger partial charge in [-0.1, -0.05) is 20.3 Å². The number of piperidine rings is 1. The van der Waals surface area contributed by atoms with Crippen molar-refractivity contribution >= 4 is 0 Å². The number of rotatable bonds is 4. The van der Waals surface area contributed by atoms with Crippen molar-refractivity contribution in [3.8, 4) is 0 Å². The Labute approximate surface area is 101 Å². The van der Waals surface area contributed by atoms with Gasteiger partial charge in [0.25, 0.3) is 0 Å². The number of nitrogens with one attached hydrogen (secondary N) is 1. The van der Waals surface area contributed by atoms with Gasteiger partial charge in [0.05, 0.1) is 0 Å². The molecule has 0 saturated carbocycles. The molecule has 0 aromatic rings. The van der Waals surface area contributed by atoms with E-state index in [-0.39, 0.29) is 0 Å². The van der Waals surface area contributed by atoms with Gasteiger partial charge in [0.2, 0.25) is 0 Å². The van der Waals surface area contributed by atoms with Gasteiger partial charge < -0.3 is 5.32 Å². The maximum atomic E-state index is 3.48. The lowest BCUT2D eigenvalue weighted by atomic mass is 9.91. The van der Waals surface area contributed by atoms with E-state index in [0.29, 0.717) is 0 Å². The maximum Gasteiger partial charge on any atom is 0.0116 e. The zero-order valence-corrected chi connectivity index (χ0v) is 11.4. The first-order chi connectivity index (χ1) is 7.67. The second-order valence-electron chi connectivity index (χ2n) is 5.92. The average Bonchev–Trinajstić information content (AvgIpc) is 2.57. The Morgan fingerprint density at radius 3 is 2.19 bits per heavy atom. The van der Waals surface area contributed by atoms with Crippen molar-refractivity contribution in [2.75, 3.05) is 7.05 Å². The Balaban J connectivity index is 2.02. The van der Waals surface area contributed by atoms with E-state index in [1.165, 1.54) is 32.1 Å². The zero-order chi connectivity index (χ0) is 11.7. The highest BCUT2D eigenvalue weighted by Crippen LogP contribution is 2.38. The molecule has 0 aromatic heterocycles. The molecule has 0 radical (unpaired) electrons. The van der Waals surface area contributed by atoms with Gasteiger partial charge in [-0.15, -0.1) is 0 Å². The minimum atomic E-state index is 0.776. The summed E-state index contributed by atoms with van der Waals surface area (Å²) in [4.78, 5) is 2.85. The number of hydrogen-bond acceptors (Lipinski definition) is 2. The van der Waals surface area contributed by atoms with Crippen molar-refractivity contribution < 1.29 is 0 Å². The summed E-state index contributed by atoms with van der Waals surface area (Å²) >= 11 is 0. The Hall–Kier alpha value is -0.0800. The molecule has 2 saturated heterocycles. The highest BCUT2D eigenvalue weighted by Gasteiger charge is 2.42. The molecule has 2 nitrogen and oxygen atoms in total. The number of fused-ring (bicyclic) bond motifs is 2. The lowest BCUT2D eigenvalue weighted by Gasteiger charge is -2.44. The molecule has 0 amide bonds. The molecule has 0 aliphatic carbocycles. The van der Waals surface area contributed by atoms with Gasteiger partial charge >= 0.3 is 0 Å². The van der Waals surface area contributed by atoms with Gasteiger partial charge in [0, 0.05) is 24.2 Å². The first-order valence-electron chi connectivity index (χ1n) is 7.12. The molecular formula is C14H28N2. The van der Waals surface area contributed by atoms with E-state index in [0.717, 1.165) is 30.1 Å². The molecule has 94 valence electrons. The topological polar surface area (TPSA) is 15.3 Å². The van der Waals surface area contributed by atoms with Gasteiger partial charge in [-0.3, -0.25) is 4.90 Å². The van der Waals surface area contributed by atoms with Crippen LogP contribution >= 0.6 is 0 Å². The Morgan fingerprint density at radius 1 is 1.19 bits per heavy atom. The van der Waals surface area contributed by atoms with Crippen LogP contribution in [-0.4, -0.2) is 36.1 Å². The van der Waals surface area contributed by atoms with Crippen molar-refractivity contribution in [1.82, 2.24) is 10.2 Å². The van der Waals surface area contributed by atoms with Crippen LogP contribution in [0, 0.1) is 5.92 Å². The van der Waals surface area contributed by atoms with Crippen molar-refractivity contribution in [2.45, 2.75) is 77.0 Å². The minimum absolute atomic E-state index is 0.776. The first-order valence-corrected chi connectivity index (χ1v) is 7.12. The second-order valence-corrected chi connectivity index (χ2v) is 5.92. The lowest BCUT2D eigenvalue weighted by molar-refractivity contribution is 0.0535. The van der Waals surface area contributed by atoms with Crippen LogP contribution in [0.1, 0.15) is 52.9 Å². The van der Waals surface area contributed by atoms with E-state index in [1.807, 2.05) is 0 Å². The van der Waals surface area contributed by atoms with Crippen LogP contribution in [0.3, 0.4) is 0 Å². The largest absolute Gasteiger partial charge is 0.317 e. The summed E-state index contributed by atoms with van der Waals surface area (Å²) in [5.74, 6) is 0.842. The van der Waals surface area contributed by atoms with Gasteiger partial charge in [0.1, 0.15) is 0 Å². The fraction of sp³-hybridized carbons (Fsp3) is 1.00. The summed E-state index contributed by atoms with van der Waals surface area (Å²) in [6.45, 7) is 7.18. The molecule has 0 aromatic carbocycles. The van der Waals surface area contributed by atoms with Gasteiger partial charge in [-0.25, -0.2) is 0 Å². The minimum Gasteiger partial charge on any atom is -0.317 e. The molecule has 2 aliphatic rings. The number of nitrogens with zero attached hydrogens (tertiary/aromatic N) is 1. The van der Waals surface area contributed by atoms with E-state index in [4.69, 9.17) is 0 Å². The fourth-order valence-electron chi connectivity index (χ4n) is 3.75. The van der Waals surface area contributed by atoms with Crippen molar-refractivity contribution in [3.63, 3.8) is 0 Å². The van der Waals surface area contributed by atoms with E-state index in [1.54, 1.807) is 0 Å². The molecule has 2 rings (SSSR count). The first kappa shape index (κ1) is 12.4. The molecule has 2 bridgehead atoms. The summed E-state index contributed by atoms with van der Waals surface area (Å²) in [7, 11) is 2.12. The van der Waals surface area contributed by atoms with Gasteiger partial charge in [-0.05, 0) is 45.6 Å². The normalized spacial score (nSPS) is 38.6. The molecule has 1 N–H and O–H groups in total. The lowest BCUT2D eigenvalue weighted by Crippen LogP contribution is -2.53. The predicted octanol–water partition coefficient (Wildman–Crippen LogP) is 2.64. The van der Waals surface area contributed by atoms with Crippen LogP contribution in [0.25, 0.3) is 0 Å². The van der Waals surface area contributed by atoms with E-state index in [2.05, 4.69) is 38.0 Å². The molecule has 2 fully saturated rings. The van der Waals surface area contributed by atoms with E-state index in [9.17, 15) is 0 Å². The summed E-state index contributed by atoms with van der Waals surface area (Å²) in [5.41, 5.74) is 0. The fourth-order valence-corrected chi connectivity index (χ4v) is 3.75. The second kappa shape index (κ2) is 5.05. The Bertz CT molecular complexity index is 215. The summed E-state index contributed by atoms with van der Waals surface area (Å²) in [6, 6.07) is 3.28. The highest BCUT2D eigenvalue weighted by molar-refractivity contribution is 4.99. The SMILES string of the molecule is CCC(C)C(C)N1C2CCC1CC(NC)C2. The predicted molar refractivity (Wildman–Crippen MR) is 69.6 cm³/mol. The van der Waals surface area contributed by atoms with Crippen LogP contribution in [0.15, 0.2) is 0 Å². The van der Waals surface area contributed by atoms with Crippen LogP contribution in [-0.2, 0) is 0 Å². The van der Waals surface area contributed by atoms with Gasteiger partial charge in [-0.2, -0.15) is 0 Å². The zero-order valence-electron chi connectivity index (χ0n) is 11.4.